The first kappa shape index (κ1) is 9.73. The highest BCUT2D eigenvalue weighted by molar-refractivity contribution is 5.67. The van der Waals surface area contributed by atoms with Crippen LogP contribution in [0.4, 0.5) is 0 Å². The minimum absolute atomic E-state index is 0.0920. The number of rotatable bonds is 5. The maximum Gasteiger partial charge on any atom is 0.329 e. The molecule has 0 amide bonds. The van der Waals surface area contributed by atoms with Crippen molar-refractivity contribution in [2.45, 2.75) is 12.8 Å². The lowest BCUT2D eigenvalue weighted by Gasteiger charge is -2.07. The number of nitrogens with zero attached hydrogens (tertiary/aromatic N) is 1. The number of aromatic nitrogens is 2. The number of hydrogen-bond acceptors (Lipinski definition) is 3. The van der Waals surface area contributed by atoms with Gasteiger partial charge in [-0.3, -0.25) is 0 Å². The summed E-state index contributed by atoms with van der Waals surface area (Å²) in [6.07, 6.45) is 3.38. The normalized spacial score (nSPS) is 12.7. The number of hydrogen-bond donors (Lipinski definition) is 2. The van der Waals surface area contributed by atoms with Crippen molar-refractivity contribution in [3.8, 4) is 0 Å². The highest BCUT2D eigenvalue weighted by Crippen LogP contribution is 2.08. The van der Waals surface area contributed by atoms with E-state index >= 15 is 0 Å². The van der Waals surface area contributed by atoms with Gasteiger partial charge in [-0.2, -0.15) is 0 Å². The largest absolute Gasteiger partial charge is 0.480 e. The number of nitrogens with one attached hydrogen (secondary N) is 1. The maximum atomic E-state index is 10.1. The van der Waals surface area contributed by atoms with Crippen LogP contribution in [0.5, 0.6) is 0 Å². The molecule has 13 heavy (non-hydrogen) atoms. The Morgan fingerprint density at radius 2 is 2.62 bits per heavy atom. The van der Waals surface area contributed by atoms with Crippen LogP contribution >= 0.6 is 0 Å². The number of ether oxygens (including phenoxy) is 1. The van der Waals surface area contributed by atoms with Gasteiger partial charge in [-0.05, 0) is 0 Å². The Balaban J connectivity index is 2.26. The van der Waals surface area contributed by atoms with Crippen molar-refractivity contribution in [2.24, 2.45) is 0 Å². The molecule has 2 N–H and O–H groups in total. The molecule has 0 bridgehead atoms. The van der Waals surface area contributed by atoms with E-state index in [4.69, 9.17) is 9.84 Å². The van der Waals surface area contributed by atoms with Crippen LogP contribution in [0.2, 0.25) is 0 Å². The van der Waals surface area contributed by atoms with Crippen molar-refractivity contribution in [1.29, 1.82) is 0 Å². The molecule has 0 aliphatic heterocycles. The monoisotopic (exact) mass is 184 g/mol. The smallest absolute Gasteiger partial charge is 0.329 e. The molecular weight excluding hydrogens is 172 g/mol. The van der Waals surface area contributed by atoms with E-state index in [1.165, 1.54) is 0 Å². The van der Waals surface area contributed by atoms with Crippen LogP contribution in [0.1, 0.15) is 18.7 Å². The van der Waals surface area contributed by atoms with Gasteiger partial charge < -0.3 is 14.8 Å². The lowest BCUT2D eigenvalue weighted by atomic mass is 10.2. The van der Waals surface area contributed by atoms with E-state index in [0.29, 0.717) is 6.61 Å². The van der Waals surface area contributed by atoms with Crippen molar-refractivity contribution >= 4 is 5.97 Å². The molecule has 1 rings (SSSR count). The van der Waals surface area contributed by atoms with Crippen molar-refractivity contribution < 1.29 is 14.6 Å². The van der Waals surface area contributed by atoms with Gasteiger partial charge in [0, 0.05) is 18.3 Å². The van der Waals surface area contributed by atoms with Crippen LogP contribution in [0, 0.1) is 0 Å². The Morgan fingerprint density at radius 1 is 1.85 bits per heavy atom. The van der Waals surface area contributed by atoms with Crippen LogP contribution in [0.15, 0.2) is 12.4 Å². The van der Waals surface area contributed by atoms with Crippen molar-refractivity contribution in [1.82, 2.24) is 9.97 Å². The Hall–Kier alpha value is -1.36. The van der Waals surface area contributed by atoms with Gasteiger partial charge in [-0.15, -0.1) is 0 Å². The number of carboxylic acid groups (broad SMARTS) is 1. The molecule has 1 aromatic heterocycles. The first-order valence-electron chi connectivity index (χ1n) is 3.99. The number of carbonyl (C=O) groups is 1. The third-order valence-electron chi connectivity index (χ3n) is 1.58. The molecule has 0 aliphatic rings. The van der Waals surface area contributed by atoms with Gasteiger partial charge in [-0.25, -0.2) is 9.78 Å². The molecule has 0 aliphatic carbocycles. The lowest BCUT2D eigenvalue weighted by Crippen LogP contribution is -2.12. The van der Waals surface area contributed by atoms with Crippen molar-refractivity contribution in [2.75, 3.05) is 13.2 Å². The number of imidazole rings is 1. The molecule has 0 aromatic carbocycles. The predicted molar refractivity (Wildman–Crippen MR) is 45.5 cm³/mol. The fourth-order valence-electron chi connectivity index (χ4n) is 0.949. The topological polar surface area (TPSA) is 75.2 Å². The summed E-state index contributed by atoms with van der Waals surface area (Å²) >= 11 is 0. The second-order valence-electron chi connectivity index (χ2n) is 2.78. The molecule has 0 saturated heterocycles. The van der Waals surface area contributed by atoms with E-state index in [1.807, 2.05) is 6.92 Å². The average Bonchev–Trinajstić information content (AvgIpc) is 2.55. The third-order valence-corrected chi connectivity index (χ3v) is 1.58. The van der Waals surface area contributed by atoms with Crippen LogP contribution < -0.4 is 0 Å². The van der Waals surface area contributed by atoms with E-state index in [2.05, 4.69) is 9.97 Å². The standard InChI is InChI=1S/C8H12N2O3/c1-6(4-13-5-7(11)12)8-9-2-3-10-8/h2-3,6H,4-5H2,1H3,(H,9,10)(H,11,12)/t6-/m0/s1. The van der Waals surface area contributed by atoms with Crippen molar-refractivity contribution in [3.05, 3.63) is 18.2 Å². The molecule has 1 heterocycles. The minimum Gasteiger partial charge on any atom is -0.480 e. The van der Waals surface area contributed by atoms with Gasteiger partial charge in [-0.1, -0.05) is 6.92 Å². The van der Waals surface area contributed by atoms with E-state index in [9.17, 15) is 4.79 Å². The SMILES string of the molecule is C[C@@H](COCC(=O)O)c1ncc[nH]1. The number of H-pyrrole nitrogens is 1. The summed E-state index contributed by atoms with van der Waals surface area (Å²) in [7, 11) is 0. The maximum absolute atomic E-state index is 10.1. The van der Waals surface area contributed by atoms with Gasteiger partial charge in [0.15, 0.2) is 0 Å². The zero-order chi connectivity index (χ0) is 9.68. The molecule has 72 valence electrons. The second kappa shape index (κ2) is 4.61. The molecule has 1 aromatic rings. The molecular formula is C8H12N2O3. The summed E-state index contributed by atoms with van der Waals surface area (Å²) in [6, 6.07) is 0. The van der Waals surface area contributed by atoms with E-state index in [0.717, 1.165) is 5.82 Å². The van der Waals surface area contributed by atoms with Crippen LogP contribution in [-0.4, -0.2) is 34.3 Å². The highest BCUT2D eigenvalue weighted by atomic mass is 16.5. The van der Waals surface area contributed by atoms with Gasteiger partial charge in [0.2, 0.25) is 0 Å². The van der Waals surface area contributed by atoms with E-state index < -0.39 is 5.97 Å². The van der Waals surface area contributed by atoms with Gasteiger partial charge in [0.1, 0.15) is 12.4 Å². The first-order valence-corrected chi connectivity index (χ1v) is 3.99. The Morgan fingerprint density at radius 3 is 3.15 bits per heavy atom. The third kappa shape index (κ3) is 3.25. The zero-order valence-electron chi connectivity index (χ0n) is 7.36. The number of aromatic amines is 1. The molecule has 1 atom stereocenters. The predicted octanol–water partition coefficient (Wildman–Crippen LogP) is 0.614. The molecule has 0 radical (unpaired) electrons. The fraction of sp³-hybridized carbons (Fsp3) is 0.500. The zero-order valence-corrected chi connectivity index (χ0v) is 7.36. The van der Waals surface area contributed by atoms with Gasteiger partial charge in [0.25, 0.3) is 0 Å². The second-order valence-corrected chi connectivity index (χ2v) is 2.78. The average molecular weight is 184 g/mol. The first-order chi connectivity index (χ1) is 6.20. The summed E-state index contributed by atoms with van der Waals surface area (Å²) in [5, 5.41) is 8.31. The number of aliphatic carboxylic acids is 1. The molecule has 5 heteroatoms. The van der Waals surface area contributed by atoms with E-state index in [1.54, 1.807) is 12.4 Å². The summed E-state index contributed by atoms with van der Waals surface area (Å²) < 4.78 is 4.92. The van der Waals surface area contributed by atoms with Crippen molar-refractivity contribution in [3.63, 3.8) is 0 Å². The summed E-state index contributed by atoms with van der Waals surface area (Å²) in [5.41, 5.74) is 0. The van der Waals surface area contributed by atoms with E-state index in [-0.39, 0.29) is 12.5 Å². The summed E-state index contributed by atoms with van der Waals surface area (Å²) in [5.74, 6) is -0.0496. The van der Waals surface area contributed by atoms with Crippen LogP contribution in [0.25, 0.3) is 0 Å². The Kier molecular flexibility index (Phi) is 3.45. The Bertz CT molecular complexity index is 258. The number of carboxylic acids is 1. The minimum atomic E-state index is -0.952. The molecule has 0 unspecified atom stereocenters. The summed E-state index contributed by atoms with van der Waals surface area (Å²) in [4.78, 5) is 17.1. The summed E-state index contributed by atoms with van der Waals surface area (Å²) in [6.45, 7) is 2.02. The Labute approximate surface area is 75.8 Å². The quantitative estimate of drug-likeness (QED) is 0.703. The molecule has 0 spiro atoms. The molecule has 0 fully saturated rings. The van der Waals surface area contributed by atoms with Gasteiger partial charge >= 0.3 is 5.97 Å². The van der Waals surface area contributed by atoms with Crippen LogP contribution in [0.3, 0.4) is 0 Å². The molecule has 0 saturated carbocycles. The highest BCUT2D eigenvalue weighted by Gasteiger charge is 2.08. The lowest BCUT2D eigenvalue weighted by molar-refractivity contribution is -0.142. The fourth-order valence-corrected chi connectivity index (χ4v) is 0.949. The van der Waals surface area contributed by atoms with Gasteiger partial charge in [0.05, 0.1) is 6.61 Å². The van der Waals surface area contributed by atoms with Crippen LogP contribution in [-0.2, 0) is 9.53 Å². The molecule has 5 nitrogen and oxygen atoms in total.